The van der Waals surface area contributed by atoms with Crippen LogP contribution in [0.4, 0.5) is 0 Å². The van der Waals surface area contributed by atoms with E-state index < -0.39 is 0 Å². The Kier molecular flexibility index (Phi) is 7.95. The second kappa shape index (κ2) is 12.1. The Bertz CT molecular complexity index is 1610. The molecule has 1 fully saturated rings. The second-order valence-corrected chi connectivity index (χ2v) is 10.7. The minimum absolute atomic E-state index is 0.140. The Labute approximate surface area is 243 Å². The highest BCUT2D eigenvalue weighted by atomic mass is 35.5. The summed E-state index contributed by atoms with van der Waals surface area (Å²) in [4.78, 5) is 32.7. The van der Waals surface area contributed by atoms with E-state index in [0.29, 0.717) is 48.4 Å². The largest absolute Gasteiger partial charge is 0.495 e. The van der Waals surface area contributed by atoms with Crippen molar-refractivity contribution in [3.8, 4) is 28.5 Å². The number of methoxy groups -OCH3 is 1. The van der Waals surface area contributed by atoms with Gasteiger partial charge in [-0.15, -0.1) is 0 Å². The number of amides is 1. The van der Waals surface area contributed by atoms with Gasteiger partial charge in [-0.1, -0.05) is 36.6 Å². The SMILES string of the molecule is COc1ccc(-c2nc(-c3ccncc3)nn2CCN(C(=O)CCc2nc3ccccc3[nH]2)C2CCCC2)cc1Cl. The molecule has 2 aromatic carbocycles. The summed E-state index contributed by atoms with van der Waals surface area (Å²) in [6.45, 7) is 1.05. The Morgan fingerprint density at radius 3 is 2.63 bits per heavy atom. The molecule has 3 heterocycles. The van der Waals surface area contributed by atoms with Gasteiger partial charge in [0.1, 0.15) is 11.6 Å². The van der Waals surface area contributed by atoms with Gasteiger partial charge >= 0.3 is 0 Å². The summed E-state index contributed by atoms with van der Waals surface area (Å²) >= 11 is 6.47. The molecule has 5 aromatic rings. The number of rotatable bonds is 10. The molecule has 10 heteroatoms. The highest BCUT2D eigenvalue weighted by Gasteiger charge is 2.27. The number of benzene rings is 2. The molecule has 41 heavy (non-hydrogen) atoms. The number of imidazole rings is 1. The molecule has 1 N–H and O–H groups in total. The van der Waals surface area contributed by atoms with Crippen molar-refractivity contribution in [2.24, 2.45) is 0 Å². The van der Waals surface area contributed by atoms with E-state index in [2.05, 4.69) is 15.0 Å². The molecule has 1 saturated carbocycles. The first kappa shape index (κ1) is 27.0. The predicted molar refractivity (Wildman–Crippen MR) is 159 cm³/mol. The molecule has 0 saturated heterocycles. The molecule has 0 spiro atoms. The van der Waals surface area contributed by atoms with Crippen LogP contribution in [0.5, 0.6) is 5.75 Å². The number of aromatic nitrogens is 6. The van der Waals surface area contributed by atoms with Gasteiger partial charge in [0.05, 0.1) is 29.7 Å². The van der Waals surface area contributed by atoms with E-state index >= 15 is 0 Å². The molecule has 3 aromatic heterocycles. The molecule has 9 nitrogen and oxygen atoms in total. The minimum atomic E-state index is 0.140. The summed E-state index contributed by atoms with van der Waals surface area (Å²) in [5.41, 5.74) is 3.61. The van der Waals surface area contributed by atoms with Gasteiger partial charge in [0.25, 0.3) is 0 Å². The average Bonchev–Trinajstić information content (AvgIpc) is 3.77. The van der Waals surface area contributed by atoms with Crippen molar-refractivity contribution in [2.75, 3.05) is 13.7 Å². The fourth-order valence-corrected chi connectivity index (χ4v) is 5.82. The maximum atomic E-state index is 13.6. The summed E-state index contributed by atoms with van der Waals surface area (Å²) in [5.74, 6) is 2.85. The van der Waals surface area contributed by atoms with Crippen molar-refractivity contribution in [1.29, 1.82) is 0 Å². The molecule has 0 unspecified atom stereocenters. The van der Waals surface area contributed by atoms with Gasteiger partial charge in [-0.25, -0.2) is 14.6 Å². The summed E-state index contributed by atoms with van der Waals surface area (Å²) in [5, 5.41) is 5.35. The maximum absolute atomic E-state index is 13.6. The first-order valence-electron chi connectivity index (χ1n) is 14.0. The number of para-hydroxylation sites is 2. The molecular weight excluding hydrogens is 538 g/mol. The van der Waals surface area contributed by atoms with Crippen LogP contribution in [0.1, 0.15) is 37.9 Å². The Morgan fingerprint density at radius 2 is 1.88 bits per heavy atom. The average molecular weight is 570 g/mol. The molecule has 0 bridgehead atoms. The van der Waals surface area contributed by atoms with E-state index in [-0.39, 0.29) is 11.9 Å². The lowest BCUT2D eigenvalue weighted by Crippen LogP contribution is -2.41. The van der Waals surface area contributed by atoms with Crippen molar-refractivity contribution in [1.82, 2.24) is 34.6 Å². The van der Waals surface area contributed by atoms with Gasteiger partial charge in [0.2, 0.25) is 5.91 Å². The predicted octanol–water partition coefficient (Wildman–Crippen LogP) is 5.95. The number of halogens is 1. The lowest BCUT2D eigenvalue weighted by molar-refractivity contribution is -0.133. The lowest BCUT2D eigenvalue weighted by Gasteiger charge is -2.29. The summed E-state index contributed by atoms with van der Waals surface area (Å²) in [6, 6.07) is 17.5. The van der Waals surface area contributed by atoms with Crippen LogP contribution in [0, 0.1) is 0 Å². The van der Waals surface area contributed by atoms with Crippen LogP contribution in [-0.2, 0) is 17.8 Å². The number of hydrogen-bond donors (Lipinski definition) is 1. The quantitative estimate of drug-likeness (QED) is 0.223. The highest BCUT2D eigenvalue weighted by molar-refractivity contribution is 6.32. The normalized spacial score (nSPS) is 13.6. The van der Waals surface area contributed by atoms with Crippen LogP contribution in [-0.4, -0.2) is 60.2 Å². The standard InChI is InChI=1S/C31H32ClN7O2/c1-41-27-11-10-22(20-24(27)32)31-36-30(21-14-16-33-17-15-21)37-39(31)19-18-38(23-6-2-3-7-23)29(40)13-12-28-34-25-8-4-5-9-26(25)35-28/h4-5,8-11,14-17,20,23H,2-3,6-7,12-13,18-19H2,1H3,(H,34,35). The van der Waals surface area contributed by atoms with Crippen molar-refractivity contribution in [2.45, 2.75) is 51.1 Å². The lowest BCUT2D eigenvalue weighted by atomic mass is 10.1. The molecule has 210 valence electrons. The van der Waals surface area contributed by atoms with Crippen LogP contribution < -0.4 is 4.74 Å². The van der Waals surface area contributed by atoms with Gasteiger partial charge in [-0.2, -0.15) is 5.10 Å². The number of hydrogen-bond acceptors (Lipinski definition) is 6. The first-order chi connectivity index (χ1) is 20.1. The van der Waals surface area contributed by atoms with Crippen LogP contribution in [0.3, 0.4) is 0 Å². The third kappa shape index (κ3) is 5.95. The molecular formula is C31H32ClN7O2. The Morgan fingerprint density at radius 1 is 1.07 bits per heavy atom. The van der Waals surface area contributed by atoms with Crippen LogP contribution in [0.25, 0.3) is 33.8 Å². The summed E-state index contributed by atoms with van der Waals surface area (Å²) in [6.07, 6.45) is 8.75. The van der Waals surface area contributed by atoms with Crippen LogP contribution >= 0.6 is 11.6 Å². The molecule has 0 radical (unpaired) electrons. The van der Waals surface area contributed by atoms with Crippen LogP contribution in [0.15, 0.2) is 67.0 Å². The number of H-pyrrole nitrogens is 1. The third-order valence-electron chi connectivity index (χ3n) is 7.67. The highest BCUT2D eigenvalue weighted by Crippen LogP contribution is 2.31. The zero-order valence-electron chi connectivity index (χ0n) is 23.0. The Hall–Kier alpha value is -4.24. The smallest absolute Gasteiger partial charge is 0.223 e. The van der Waals surface area contributed by atoms with E-state index in [0.717, 1.165) is 53.7 Å². The maximum Gasteiger partial charge on any atom is 0.223 e. The Balaban J connectivity index is 1.24. The zero-order chi connectivity index (χ0) is 28.2. The number of carbonyl (C=O) groups excluding carboxylic acids is 1. The number of aromatic amines is 1. The van der Waals surface area contributed by atoms with Crippen molar-refractivity contribution in [3.05, 3.63) is 77.8 Å². The van der Waals surface area contributed by atoms with Crippen molar-refractivity contribution in [3.63, 3.8) is 0 Å². The number of aryl methyl sites for hydroxylation is 1. The monoisotopic (exact) mass is 569 g/mol. The number of ether oxygens (including phenoxy) is 1. The number of carbonyl (C=O) groups is 1. The van der Waals surface area contributed by atoms with Gasteiger partial charge in [-0.05, 0) is 55.3 Å². The fraction of sp³-hybridized carbons (Fsp3) is 0.323. The first-order valence-corrected chi connectivity index (χ1v) is 14.4. The molecule has 1 aliphatic carbocycles. The molecule has 0 atom stereocenters. The van der Waals surface area contributed by atoms with Crippen LogP contribution in [0.2, 0.25) is 5.02 Å². The van der Waals surface area contributed by atoms with Gasteiger partial charge < -0.3 is 14.6 Å². The molecule has 1 amide bonds. The summed E-state index contributed by atoms with van der Waals surface area (Å²) in [7, 11) is 1.59. The number of nitrogens with zero attached hydrogens (tertiary/aromatic N) is 6. The number of nitrogens with one attached hydrogen (secondary N) is 1. The second-order valence-electron chi connectivity index (χ2n) is 10.3. The molecule has 6 rings (SSSR count). The number of fused-ring (bicyclic) bond motifs is 1. The van der Waals surface area contributed by atoms with E-state index in [1.165, 1.54) is 0 Å². The van der Waals surface area contributed by atoms with E-state index in [4.69, 9.17) is 26.4 Å². The zero-order valence-corrected chi connectivity index (χ0v) is 23.7. The summed E-state index contributed by atoms with van der Waals surface area (Å²) < 4.78 is 7.22. The van der Waals surface area contributed by atoms with Gasteiger partial charge in [-0.3, -0.25) is 9.78 Å². The van der Waals surface area contributed by atoms with Crippen molar-refractivity contribution >= 4 is 28.5 Å². The van der Waals surface area contributed by atoms with Gasteiger partial charge in [0.15, 0.2) is 11.6 Å². The molecule has 1 aliphatic rings. The molecule has 0 aliphatic heterocycles. The van der Waals surface area contributed by atoms with E-state index in [1.807, 2.05) is 64.2 Å². The topological polar surface area (TPSA) is 102 Å². The minimum Gasteiger partial charge on any atom is -0.495 e. The van der Waals surface area contributed by atoms with E-state index in [9.17, 15) is 4.79 Å². The van der Waals surface area contributed by atoms with Gasteiger partial charge in [0, 0.05) is 48.9 Å². The van der Waals surface area contributed by atoms with Crippen molar-refractivity contribution < 1.29 is 9.53 Å². The van der Waals surface area contributed by atoms with E-state index in [1.54, 1.807) is 19.5 Å². The fourth-order valence-electron chi connectivity index (χ4n) is 5.56. The third-order valence-corrected chi connectivity index (χ3v) is 7.97. The number of pyridine rings is 1.